The summed E-state index contributed by atoms with van der Waals surface area (Å²) in [7, 11) is 0. The van der Waals surface area contributed by atoms with Crippen LogP contribution in [0.4, 0.5) is 5.69 Å². The fraction of sp³-hybridized carbons (Fsp3) is 0.533. The third-order valence-electron chi connectivity index (χ3n) is 2.15. The summed E-state index contributed by atoms with van der Waals surface area (Å²) in [6.07, 6.45) is 5.20. The summed E-state index contributed by atoms with van der Waals surface area (Å²) in [5.41, 5.74) is 7.61. The van der Waals surface area contributed by atoms with Gasteiger partial charge < -0.3 is 23.3 Å². The van der Waals surface area contributed by atoms with Crippen LogP contribution < -0.4 is 4.72 Å². The Morgan fingerprint density at radius 3 is 2.19 bits per heavy atom. The number of thiocyanates is 1. The molecule has 1 rings (SSSR count). The average molecular weight is 400 g/mol. The Kier molecular flexibility index (Phi) is 28.1. The van der Waals surface area contributed by atoms with Gasteiger partial charge in [-0.15, -0.1) is 5.69 Å². The second kappa shape index (κ2) is 22.6. The molecule has 0 aliphatic rings. The summed E-state index contributed by atoms with van der Waals surface area (Å²) in [6.45, 7) is 7.20. The first-order chi connectivity index (χ1) is 9.74. The van der Waals surface area contributed by atoms with Gasteiger partial charge in [0, 0.05) is 37.6 Å². The summed E-state index contributed by atoms with van der Waals surface area (Å²) < 4.78 is 2.71. The molecule has 0 fully saturated rings. The summed E-state index contributed by atoms with van der Waals surface area (Å²) in [6, 6.07) is 6.85. The number of hydrogen-bond donors (Lipinski definition) is 1. The second-order valence-corrected chi connectivity index (χ2v) is 4.82. The molecule has 117 valence electrons. The van der Waals surface area contributed by atoms with Crippen LogP contribution in [0.3, 0.4) is 0 Å². The van der Waals surface area contributed by atoms with Gasteiger partial charge in [0.15, 0.2) is 0 Å². The molecular formula is C15H25N3S2Y-2. The van der Waals surface area contributed by atoms with Crippen molar-refractivity contribution in [3.8, 4) is 5.40 Å². The maximum Gasteiger partial charge on any atom is 0.138 e. The molecule has 0 saturated carbocycles. The van der Waals surface area contributed by atoms with Gasteiger partial charge >= 0.3 is 0 Å². The van der Waals surface area contributed by atoms with E-state index >= 15 is 0 Å². The van der Waals surface area contributed by atoms with Gasteiger partial charge in [-0.05, 0) is 36.9 Å². The molecule has 1 aromatic rings. The van der Waals surface area contributed by atoms with Crippen molar-refractivity contribution in [2.45, 2.75) is 51.3 Å². The van der Waals surface area contributed by atoms with Crippen molar-refractivity contribution in [2.24, 2.45) is 0 Å². The van der Waals surface area contributed by atoms with Crippen LogP contribution in [-0.4, -0.2) is 6.54 Å². The Balaban J connectivity index is -0.000000270. The molecule has 0 saturated heterocycles. The summed E-state index contributed by atoms with van der Waals surface area (Å²) in [5.74, 6) is 0. The zero-order chi connectivity index (χ0) is 15.6. The van der Waals surface area contributed by atoms with Gasteiger partial charge in [-0.1, -0.05) is 52.2 Å². The van der Waals surface area contributed by atoms with Crippen LogP contribution in [0.1, 0.15) is 46.5 Å². The molecule has 0 aromatic heterocycles. The maximum atomic E-state index is 8.26. The predicted octanol–water partition coefficient (Wildman–Crippen LogP) is 5.59. The van der Waals surface area contributed by atoms with Gasteiger partial charge in [-0.25, -0.2) is 0 Å². The Labute approximate surface area is 165 Å². The Hall–Kier alpha value is 0.274. The standard InChI is InChI=1S/C7H5N2S.C6H14NS.C2H6.Y/c8-5-10-7-3-1-6(9)2-4-7;1-2-3-4-5-6-7-8;1-2;/h1-4,9H;7H,2-6H2,1H3;1-2H3;/q2*-1;;. The summed E-state index contributed by atoms with van der Waals surface area (Å²) >= 11 is 5.66. The van der Waals surface area contributed by atoms with Crippen LogP contribution in [0.5, 0.6) is 0 Å². The quantitative estimate of drug-likeness (QED) is 0.293. The van der Waals surface area contributed by atoms with E-state index in [9.17, 15) is 0 Å². The molecule has 0 aliphatic heterocycles. The summed E-state index contributed by atoms with van der Waals surface area (Å²) in [5, 5.41) is 10.2. The molecule has 1 aromatic carbocycles. The summed E-state index contributed by atoms with van der Waals surface area (Å²) in [4.78, 5) is 0.888. The predicted molar refractivity (Wildman–Crippen MR) is 92.8 cm³/mol. The number of unbranched alkanes of at least 4 members (excludes halogenated alkanes) is 3. The normalized spacial score (nSPS) is 8.14. The number of nitriles is 1. The molecule has 2 N–H and O–H groups in total. The van der Waals surface area contributed by atoms with Gasteiger partial charge in [-0.3, -0.25) is 0 Å². The first-order valence-corrected chi connectivity index (χ1v) is 8.19. The molecule has 1 radical (unpaired) electrons. The number of benzene rings is 1. The molecule has 0 heterocycles. The molecule has 0 unspecified atom stereocenters. The molecule has 21 heavy (non-hydrogen) atoms. The van der Waals surface area contributed by atoms with E-state index in [0.717, 1.165) is 23.2 Å². The Bertz CT molecular complexity index is 334. The third-order valence-corrected chi connectivity index (χ3v) is 2.95. The Morgan fingerprint density at radius 1 is 1.19 bits per heavy atom. The first kappa shape index (κ1) is 26.2. The van der Waals surface area contributed by atoms with Gasteiger partial charge in [0.2, 0.25) is 0 Å². The third kappa shape index (κ3) is 20.3. The minimum absolute atomic E-state index is 0. The van der Waals surface area contributed by atoms with E-state index in [2.05, 4.69) is 24.5 Å². The van der Waals surface area contributed by atoms with Gasteiger partial charge in [0.05, 0.1) is 0 Å². The van der Waals surface area contributed by atoms with Gasteiger partial charge in [-0.2, -0.15) is 5.26 Å². The molecule has 0 amide bonds. The van der Waals surface area contributed by atoms with Crippen LogP contribution in [0.25, 0.3) is 5.73 Å². The molecular weight excluding hydrogens is 375 g/mol. The largest absolute Gasteiger partial charge is 0.705 e. The SMILES string of the molecule is CC.CCCCCCN[S-].N#CSc1ccc([NH-])cc1.[Y]. The van der Waals surface area contributed by atoms with Crippen LogP contribution in [0, 0.1) is 10.7 Å². The number of rotatable bonds is 6. The number of thioether (sulfide) groups is 1. The fourth-order valence-electron chi connectivity index (χ4n) is 1.20. The molecule has 0 bridgehead atoms. The second-order valence-electron chi connectivity index (χ2n) is 3.67. The van der Waals surface area contributed by atoms with Crippen molar-refractivity contribution in [1.82, 2.24) is 4.72 Å². The van der Waals surface area contributed by atoms with Crippen molar-refractivity contribution >= 4 is 30.3 Å². The van der Waals surface area contributed by atoms with Gasteiger partial charge in [0.1, 0.15) is 5.40 Å². The van der Waals surface area contributed by atoms with Crippen LogP contribution in [0.2, 0.25) is 0 Å². The Morgan fingerprint density at radius 2 is 1.76 bits per heavy atom. The monoisotopic (exact) mass is 400 g/mol. The minimum Gasteiger partial charge on any atom is -0.705 e. The smallest absolute Gasteiger partial charge is 0.138 e. The number of nitrogens with one attached hydrogen (secondary N) is 2. The van der Waals surface area contributed by atoms with E-state index in [1.54, 1.807) is 24.3 Å². The topological polar surface area (TPSA) is 59.6 Å². The first-order valence-electron chi connectivity index (χ1n) is 6.97. The van der Waals surface area contributed by atoms with Crippen molar-refractivity contribution in [1.29, 1.82) is 5.26 Å². The van der Waals surface area contributed by atoms with E-state index in [4.69, 9.17) is 11.0 Å². The van der Waals surface area contributed by atoms with E-state index in [0.29, 0.717) is 5.69 Å². The van der Waals surface area contributed by atoms with Crippen LogP contribution in [0.15, 0.2) is 29.2 Å². The molecule has 0 atom stereocenters. The maximum absolute atomic E-state index is 8.26. The van der Waals surface area contributed by atoms with E-state index in [-0.39, 0.29) is 32.7 Å². The molecule has 0 spiro atoms. The van der Waals surface area contributed by atoms with E-state index in [1.807, 2.05) is 19.2 Å². The molecule has 3 nitrogen and oxygen atoms in total. The minimum atomic E-state index is 0. The van der Waals surface area contributed by atoms with Crippen molar-refractivity contribution < 1.29 is 32.7 Å². The average Bonchev–Trinajstić information content (AvgIpc) is 2.49. The zero-order valence-electron chi connectivity index (χ0n) is 13.2. The van der Waals surface area contributed by atoms with Crippen molar-refractivity contribution in [2.75, 3.05) is 6.54 Å². The number of hydrogen-bond acceptors (Lipinski definition) is 4. The molecule has 6 heteroatoms. The number of nitrogens with zero attached hydrogens (tertiary/aromatic N) is 1. The van der Waals surface area contributed by atoms with Crippen LogP contribution in [-0.2, 0) is 45.5 Å². The molecule has 0 aliphatic carbocycles. The van der Waals surface area contributed by atoms with Gasteiger partial charge in [0.25, 0.3) is 0 Å². The van der Waals surface area contributed by atoms with Crippen molar-refractivity contribution in [3.63, 3.8) is 0 Å². The van der Waals surface area contributed by atoms with Crippen LogP contribution >= 0.6 is 11.8 Å². The van der Waals surface area contributed by atoms with E-state index in [1.165, 1.54) is 25.7 Å². The zero-order valence-corrected chi connectivity index (χ0v) is 17.7. The van der Waals surface area contributed by atoms with Crippen molar-refractivity contribution in [3.05, 3.63) is 30.0 Å². The van der Waals surface area contributed by atoms with E-state index < -0.39 is 0 Å². The fourth-order valence-corrected chi connectivity index (χ4v) is 1.72.